The predicted molar refractivity (Wildman–Crippen MR) is 135 cm³/mol. The van der Waals surface area contributed by atoms with E-state index in [1.165, 1.54) is 24.1 Å². The van der Waals surface area contributed by atoms with E-state index >= 15 is 0 Å². The molecule has 1 atom stereocenters. The Kier molecular flexibility index (Phi) is 6.50. The number of aromatic amines is 1. The number of nitrogens with zero attached hydrogens (tertiary/aromatic N) is 2. The molecule has 7 nitrogen and oxygen atoms in total. The van der Waals surface area contributed by atoms with Crippen molar-refractivity contribution in [2.24, 2.45) is 0 Å². The molecule has 2 amide bonds. The van der Waals surface area contributed by atoms with Gasteiger partial charge in [-0.05, 0) is 67.5 Å². The molecule has 2 aliphatic rings. The summed E-state index contributed by atoms with van der Waals surface area (Å²) >= 11 is 0. The molecule has 1 aromatic heterocycles. The van der Waals surface area contributed by atoms with Crippen LogP contribution in [-0.2, 0) is 35.4 Å². The summed E-state index contributed by atoms with van der Waals surface area (Å²) in [6.45, 7) is 0.521. The molecule has 3 aromatic rings. The van der Waals surface area contributed by atoms with Crippen molar-refractivity contribution < 1.29 is 14.3 Å². The molecule has 1 saturated heterocycles. The Morgan fingerprint density at radius 3 is 2.69 bits per heavy atom. The van der Waals surface area contributed by atoms with Crippen molar-refractivity contribution in [3.8, 4) is 5.75 Å². The highest BCUT2D eigenvalue weighted by molar-refractivity contribution is 5.91. The summed E-state index contributed by atoms with van der Waals surface area (Å²) in [6, 6.07) is 12.3. The number of aromatic nitrogens is 2. The summed E-state index contributed by atoms with van der Waals surface area (Å²) < 4.78 is 5.55. The molecule has 1 aliphatic carbocycles. The number of aryl methyl sites for hydroxylation is 1. The van der Waals surface area contributed by atoms with Crippen LogP contribution in [0.1, 0.15) is 61.0 Å². The standard InChI is InChI=1S/C28H34N4O3/c1-32(18-24-22-9-5-6-10-23(22)30-31-24)27(34)14-16-28(15-13-26(33)29-28)17-19-11-12-25(35-2)21-8-4-3-7-20(19)21/h3-4,7-8,11-12H,5-6,9-10,13-18H2,1-2H3,(H,29,33)(H,30,31)/t28-/m0/s1. The number of carbonyl (C=O) groups excluding carboxylic acids is 2. The third-order valence-corrected chi connectivity index (χ3v) is 7.73. The average Bonchev–Trinajstić information content (AvgIpc) is 3.46. The lowest BCUT2D eigenvalue weighted by Crippen LogP contribution is -2.44. The Labute approximate surface area is 206 Å². The number of carbonyl (C=O) groups is 2. The van der Waals surface area contributed by atoms with E-state index in [9.17, 15) is 9.59 Å². The van der Waals surface area contributed by atoms with Crippen molar-refractivity contribution in [2.75, 3.05) is 14.2 Å². The smallest absolute Gasteiger partial charge is 0.222 e. The fourth-order valence-electron chi connectivity index (χ4n) is 5.74. The minimum absolute atomic E-state index is 0.0618. The maximum Gasteiger partial charge on any atom is 0.222 e. The van der Waals surface area contributed by atoms with Crippen molar-refractivity contribution in [1.29, 1.82) is 0 Å². The quantitative estimate of drug-likeness (QED) is 0.515. The molecule has 2 heterocycles. The molecule has 35 heavy (non-hydrogen) atoms. The van der Waals surface area contributed by atoms with Gasteiger partial charge in [-0.1, -0.05) is 30.3 Å². The molecule has 0 saturated carbocycles. The zero-order valence-corrected chi connectivity index (χ0v) is 20.7. The first-order valence-corrected chi connectivity index (χ1v) is 12.6. The average molecular weight is 475 g/mol. The van der Waals surface area contributed by atoms with Crippen LogP contribution < -0.4 is 10.1 Å². The van der Waals surface area contributed by atoms with Crippen LogP contribution in [0.25, 0.3) is 10.8 Å². The fraction of sp³-hybridized carbons (Fsp3) is 0.464. The van der Waals surface area contributed by atoms with Gasteiger partial charge in [0.1, 0.15) is 5.75 Å². The highest BCUT2D eigenvalue weighted by atomic mass is 16.5. The highest BCUT2D eigenvalue weighted by Gasteiger charge is 2.38. The topological polar surface area (TPSA) is 87.3 Å². The number of hydrogen-bond donors (Lipinski definition) is 2. The normalized spacial score (nSPS) is 19.4. The molecular formula is C28H34N4O3. The van der Waals surface area contributed by atoms with Crippen molar-refractivity contribution >= 4 is 22.6 Å². The van der Waals surface area contributed by atoms with Crippen LogP contribution in [0, 0.1) is 0 Å². The summed E-state index contributed by atoms with van der Waals surface area (Å²) in [5, 5.41) is 13.1. The maximum absolute atomic E-state index is 13.1. The zero-order chi connectivity index (χ0) is 24.4. The van der Waals surface area contributed by atoms with Crippen molar-refractivity contribution in [2.45, 2.75) is 69.9 Å². The molecule has 5 rings (SSSR count). The number of fused-ring (bicyclic) bond motifs is 2. The Balaban J connectivity index is 1.30. The minimum Gasteiger partial charge on any atom is -0.496 e. The lowest BCUT2D eigenvalue weighted by atomic mass is 9.83. The number of benzene rings is 2. The van der Waals surface area contributed by atoms with Crippen molar-refractivity contribution in [3.63, 3.8) is 0 Å². The zero-order valence-electron chi connectivity index (χ0n) is 20.7. The van der Waals surface area contributed by atoms with Crippen LogP contribution in [0.5, 0.6) is 5.75 Å². The van der Waals surface area contributed by atoms with Gasteiger partial charge >= 0.3 is 0 Å². The fourth-order valence-corrected chi connectivity index (χ4v) is 5.74. The Hall–Kier alpha value is -3.35. The number of rotatable bonds is 8. The molecule has 2 N–H and O–H groups in total. The lowest BCUT2D eigenvalue weighted by Gasteiger charge is -2.31. The molecule has 1 aliphatic heterocycles. The summed E-state index contributed by atoms with van der Waals surface area (Å²) in [4.78, 5) is 27.2. The predicted octanol–water partition coefficient (Wildman–Crippen LogP) is 4.08. The van der Waals surface area contributed by atoms with E-state index in [1.807, 2.05) is 25.2 Å². The number of amides is 2. The van der Waals surface area contributed by atoms with Gasteiger partial charge < -0.3 is 15.0 Å². The molecule has 1 fully saturated rings. The van der Waals surface area contributed by atoms with Crippen molar-refractivity contribution in [1.82, 2.24) is 20.4 Å². The molecule has 0 spiro atoms. The molecule has 184 valence electrons. The first-order valence-electron chi connectivity index (χ1n) is 12.6. The van der Waals surface area contributed by atoms with Gasteiger partial charge in [0.15, 0.2) is 0 Å². The number of nitrogens with one attached hydrogen (secondary N) is 2. The largest absolute Gasteiger partial charge is 0.496 e. The van der Waals surface area contributed by atoms with Gasteiger partial charge in [0.25, 0.3) is 0 Å². The minimum atomic E-state index is -0.420. The van der Waals surface area contributed by atoms with E-state index in [0.717, 1.165) is 47.0 Å². The van der Waals surface area contributed by atoms with E-state index in [0.29, 0.717) is 32.2 Å². The van der Waals surface area contributed by atoms with Gasteiger partial charge in [0.2, 0.25) is 11.8 Å². The van der Waals surface area contributed by atoms with Crippen LogP contribution in [0.15, 0.2) is 36.4 Å². The first kappa shape index (κ1) is 23.4. The van der Waals surface area contributed by atoms with E-state index < -0.39 is 5.54 Å². The lowest BCUT2D eigenvalue weighted by molar-refractivity contribution is -0.131. The van der Waals surface area contributed by atoms with Gasteiger partial charge in [-0.3, -0.25) is 14.7 Å². The van der Waals surface area contributed by atoms with Gasteiger partial charge in [-0.15, -0.1) is 0 Å². The van der Waals surface area contributed by atoms with Gasteiger partial charge in [0.05, 0.1) is 19.3 Å². The Morgan fingerprint density at radius 1 is 1.11 bits per heavy atom. The van der Waals surface area contributed by atoms with Gasteiger partial charge in [-0.2, -0.15) is 5.10 Å². The number of ether oxygens (including phenoxy) is 1. The molecule has 0 bridgehead atoms. The van der Waals surface area contributed by atoms with E-state index in [-0.39, 0.29) is 11.8 Å². The third-order valence-electron chi connectivity index (χ3n) is 7.73. The maximum atomic E-state index is 13.1. The monoisotopic (exact) mass is 474 g/mol. The number of hydrogen-bond acceptors (Lipinski definition) is 4. The second-order valence-corrected chi connectivity index (χ2v) is 10.1. The number of methoxy groups -OCH3 is 1. The molecular weight excluding hydrogens is 440 g/mol. The first-order chi connectivity index (χ1) is 17.0. The van der Waals surface area contributed by atoms with Gasteiger partial charge in [-0.25, -0.2) is 0 Å². The van der Waals surface area contributed by atoms with Crippen LogP contribution >= 0.6 is 0 Å². The Morgan fingerprint density at radius 2 is 1.91 bits per heavy atom. The summed E-state index contributed by atoms with van der Waals surface area (Å²) in [5.41, 5.74) is 4.25. The van der Waals surface area contributed by atoms with Crippen LogP contribution in [0.3, 0.4) is 0 Å². The second kappa shape index (κ2) is 9.72. The van der Waals surface area contributed by atoms with E-state index in [4.69, 9.17) is 4.74 Å². The van der Waals surface area contributed by atoms with E-state index in [1.54, 1.807) is 12.0 Å². The highest BCUT2D eigenvalue weighted by Crippen LogP contribution is 2.35. The van der Waals surface area contributed by atoms with E-state index in [2.05, 4.69) is 33.7 Å². The summed E-state index contributed by atoms with van der Waals surface area (Å²) in [5.74, 6) is 0.982. The molecule has 2 aromatic carbocycles. The van der Waals surface area contributed by atoms with Crippen LogP contribution in [0.4, 0.5) is 0 Å². The van der Waals surface area contributed by atoms with Gasteiger partial charge in [0, 0.05) is 36.5 Å². The Bertz CT molecular complexity index is 1250. The van der Waals surface area contributed by atoms with Crippen molar-refractivity contribution in [3.05, 3.63) is 58.9 Å². The van der Waals surface area contributed by atoms with Crippen LogP contribution in [-0.4, -0.2) is 46.6 Å². The summed E-state index contributed by atoms with van der Waals surface area (Å²) in [7, 11) is 3.53. The summed E-state index contributed by atoms with van der Waals surface area (Å²) in [6.07, 6.45) is 7.37. The SMILES string of the molecule is COc1ccc(C[C@@]2(CCC(=O)N(C)Cc3n[nH]c4c3CCCC4)CCC(=O)N2)c2ccccc12. The third kappa shape index (κ3) is 4.77. The molecule has 7 heteroatoms. The molecule has 0 unspecified atom stereocenters. The number of H-pyrrole nitrogens is 1. The molecule has 0 radical (unpaired) electrons. The van der Waals surface area contributed by atoms with Crippen LogP contribution in [0.2, 0.25) is 0 Å². The second-order valence-electron chi connectivity index (χ2n) is 10.1.